The zero-order chi connectivity index (χ0) is 11.1. The van der Waals surface area contributed by atoms with Crippen molar-refractivity contribution in [3.63, 3.8) is 0 Å². The third-order valence-corrected chi connectivity index (χ3v) is 2.09. The van der Waals surface area contributed by atoms with Crippen molar-refractivity contribution in [1.29, 1.82) is 0 Å². The number of nitrogens with one attached hydrogen (secondary N) is 2. The Bertz CT molecular complexity index is 330. The molecule has 1 heterocycles. The van der Waals surface area contributed by atoms with Crippen molar-refractivity contribution >= 4 is 17.3 Å². The number of methoxy groups -OCH3 is 1. The maximum atomic E-state index is 5.04. The van der Waals surface area contributed by atoms with E-state index >= 15 is 0 Å². The Morgan fingerprint density at radius 1 is 1.53 bits per heavy atom. The van der Waals surface area contributed by atoms with Crippen LogP contribution in [0.5, 0.6) is 5.88 Å². The first-order chi connectivity index (χ1) is 7.26. The van der Waals surface area contributed by atoms with Gasteiger partial charge in [-0.2, -0.15) is 0 Å². The Morgan fingerprint density at radius 3 is 3.00 bits per heavy atom. The molecule has 0 radical (unpaired) electrons. The largest absolute Gasteiger partial charge is 0.481 e. The van der Waals surface area contributed by atoms with Crippen LogP contribution in [0.25, 0.3) is 0 Å². The molecule has 0 amide bonds. The fourth-order valence-corrected chi connectivity index (χ4v) is 1.29. The molecule has 1 aromatic rings. The first-order valence-electron chi connectivity index (χ1n) is 4.77. The van der Waals surface area contributed by atoms with Crippen LogP contribution < -0.4 is 15.4 Å². The monoisotopic (exact) mass is 225 g/mol. The van der Waals surface area contributed by atoms with Crippen molar-refractivity contribution in [3.8, 4) is 5.88 Å². The summed E-state index contributed by atoms with van der Waals surface area (Å²) in [6, 6.07) is 3.80. The van der Waals surface area contributed by atoms with Crippen molar-refractivity contribution in [2.45, 2.75) is 13.5 Å². The van der Waals surface area contributed by atoms with Crippen LogP contribution in [0.2, 0.25) is 0 Å². The smallest absolute Gasteiger partial charge is 0.213 e. The molecule has 0 fully saturated rings. The van der Waals surface area contributed by atoms with E-state index < -0.39 is 0 Å². The first-order valence-corrected chi connectivity index (χ1v) is 5.17. The highest BCUT2D eigenvalue weighted by molar-refractivity contribution is 7.80. The molecule has 5 heteroatoms. The van der Waals surface area contributed by atoms with Crippen LogP contribution in [0, 0.1) is 0 Å². The minimum absolute atomic E-state index is 0.615. The van der Waals surface area contributed by atoms with Gasteiger partial charge >= 0.3 is 0 Å². The molecule has 1 rings (SSSR count). The van der Waals surface area contributed by atoms with Crippen LogP contribution in [-0.4, -0.2) is 23.8 Å². The summed E-state index contributed by atoms with van der Waals surface area (Å²) < 4.78 is 5.02. The number of ether oxygens (including phenoxy) is 1. The van der Waals surface area contributed by atoms with Gasteiger partial charge < -0.3 is 15.4 Å². The van der Waals surface area contributed by atoms with E-state index in [1.807, 2.05) is 19.1 Å². The Morgan fingerprint density at radius 2 is 2.33 bits per heavy atom. The summed E-state index contributed by atoms with van der Waals surface area (Å²) in [7, 11) is 1.60. The number of aromatic nitrogens is 1. The molecule has 0 saturated heterocycles. The lowest BCUT2D eigenvalue weighted by Gasteiger charge is -2.08. The number of thiocarbonyl (C=S) groups is 1. The molecule has 0 saturated carbocycles. The van der Waals surface area contributed by atoms with Gasteiger partial charge in [0.2, 0.25) is 5.88 Å². The summed E-state index contributed by atoms with van der Waals surface area (Å²) in [4.78, 5) is 4.02. The van der Waals surface area contributed by atoms with E-state index in [0.29, 0.717) is 17.5 Å². The highest BCUT2D eigenvalue weighted by atomic mass is 32.1. The van der Waals surface area contributed by atoms with E-state index in [4.69, 9.17) is 17.0 Å². The maximum Gasteiger partial charge on any atom is 0.213 e. The normalized spacial score (nSPS) is 9.47. The zero-order valence-corrected chi connectivity index (χ0v) is 9.73. The van der Waals surface area contributed by atoms with Crippen LogP contribution in [0.15, 0.2) is 18.3 Å². The van der Waals surface area contributed by atoms with E-state index in [-0.39, 0.29) is 0 Å². The summed E-state index contributed by atoms with van der Waals surface area (Å²) in [5.74, 6) is 0.615. The second-order valence-electron chi connectivity index (χ2n) is 2.92. The molecule has 1 aromatic heterocycles. The van der Waals surface area contributed by atoms with Gasteiger partial charge in [-0.05, 0) is 30.8 Å². The quantitative estimate of drug-likeness (QED) is 0.751. The average Bonchev–Trinajstić information content (AvgIpc) is 2.27. The number of pyridine rings is 1. The average molecular weight is 225 g/mol. The summed E-state index contributed by atoms with van der Waals surface area (Å²) in [5.41, 5.74) is 1.09. The third kappa shape index (κ3) is 4.12. The Balaban J connectivity index is 2.46. The fraction of sp³-hybridized carbons (Fsp3) is 0.400. The zero-order valence-electron chi connectivity index (χ0n) is 8.91. The van der Waals surface area contributed by atoms with Gasteiger partial charge in [-0.3, -0.25) is 0 Å². The number of rotatable bonds is 4. The van der Waals surface area contributed by atoms with Gasteiger partial charge in [0, 0.05) is 25.4 Å². The maximum absolute atomic E-state index is 5.04. The van der Waals surface area contributed by atoms with E-state index in [9.17, 15) is 0 Å². The van der Waals surface area contributed by atoms with Crippen molar-refractivity contribution in [3.05, 3.63) is 23.9 Å². The second-order valence-corrected chi connectivity index (χ2v) is 3.33. The molecule has 0 bridgehead atoms. The minimum Gasteiger partial charge on any atom is -0.481 e. The van der Waals surface area contributed by atoms with Gasteiger partial charge in [0.1, 0.15) is 0 Å². The predicted molar refractivity (Wildman–Crippen MR) is 63.9 cm³/mol. The SMILES string of the molecule is CCNC(=S)NCc1ccnc(OC)c1. The van der Waals surface area contributed by atoms with Crippen molar-refractivity contribution in [1.82, 2.24) is 15.6 Å². The summed E-state index contributed by atoms with van der Waals surface area (Å²) in [6.45, 7) is 3.50. The van der Waals surface area contributed by atoms with Crippen molar-refractivity contribution < 1.29 is 4.74 Å². The molecule has 15 heavy (non-hydrogen) atoms. The Hall–Kier alpha value is -1.36. The van der Waals surface area contributed by atoms with Crippen molar-refractivity contribution in [2.75, 3.05) is 13.7 Å². The van der Waals surface area contributed by atoms with Gasteiger partial charge in [0.25, 0.3) is 0 Å². The molecule has 4 nitrogen and oxygen atoms in total. The van der Waals surface area contributed by atoms with Crippen LogP contribution >= 0.6 is 12.2 Å². The molecule has 0 unspecified atom stereocenters. The van der Waals surface area contributed by atoms with Crippen LogP contribution in [0.4, 0.5) is 0 Å². The molecule has 2 N–H and O–H groups in total. The Kier molecular flexibility index (Phi) is 4.83. The summed E-state index contributed by atoms with van der Waals surface area (Å²) in [5, 5.41) is 6.77. The third-order valence-electron chi connectivity index (χ3n) is 1.80. The van der Waals surface area contributed by atoms with Gasteiger partial charge in [-0.15, -0.1) is 0 Å². The van der Waals surface area contributed by atoms with E-state index in [1.165, 1.54) is 0 Å². The van der Waals surface area contributed by atoms with E-state index in [1.54, 1.807) is 13.3 Å². The molecule has 0 aliphatic carbocycles. The molecule has 0 aliphatic rings. The lowest BCUT2D eigenvalue weighted by atomic mass is 10.2. The molecule has 82 valence electrons. The van der Waals surface area contributed by atoms with Crippen molar-refractivity contribution in [2.24, 2.45) is 0 Å². The lowest BCUT2D eigenvalue weighted by Crippen LogP contribution is -2.34. The van der Waals surface area contributed by atoms with Gasteiger partial charge in [0.15, 0.2) is 5.11 Å². The fourth-order valence-electron chi connectivity index (χ4n) is 1.08. The first kappa shape index (κ1) is 11.7. The molecular formula is C10H15N3OS. The van der Waals surface area contributed by atoms with Gasteiger partial charge in [-0.25, -0.2) is 4.98 Å². The summed E-state index contributed by atoms with van der Waals surface area (Å²) >= 11 is 5.04. The molecule has 0 atom stereocenters. The van der Waals surface area contributed by atoms with Crippen LogP contribution in [-0.2, 0) is 6.54 Å². The van der Waals surface area contributed by atoms with Crippen LogP contribution in [0.3, 0.4) is 0 Å². The standard InChI is InChI=1S/C10H15N3OS/c1-3-11-10(15)13-7-8-4-5-12-9(6-8)14-2/h4-6H,3,7H2,1-2H3,(H2,11,13,15). The number of nitrogens with zero attached hydrogens (tertiary/aromatic N) is 1. The van der Waals surface area contributed by atoms with Gasteiger partial charge in [-0.1, -0.05) is 0 Å². The predicted octanol–water partition coefficient (Wildman–Crippen LogP) is 1.07. The summed E-state index contributed by atoms with van der Waals surface area (Å²) in [6.07, 6.45) is 1.71. The Labute approximate surface area is 95.0 Å². The highest BCUT2D eigenvalue weighted by Gasteiger charge is 1.97. The highest BCUT2D eigenvalue weighted by Crippen LogP contribution is 2.07. The minimum atomic E-state index is 0.615. The molecule has 0 aromatic carbocycles. The number of hydrogen-bond donors (Lipinski definition) is 2. The topological polar surface area (TPSA) is 46.2 Å². The van der Waals surface area contributed by atoms with E-state index in [0.717, 1.165) is 12.1 Å². The second kappa shape index (κ2) is 6.19. The molecule has 0 spiro atoms. The van der Waals surface area contributed by atoms with E-state index in [2.05, 4.69) is 15.6 Å². The molecular weight excluding hydrogens is 210 g/mol. The molecule has 0 aliphatic heterocycles. The number of hydrogen-bond acceptors (Lipinski definition) is 3. The lowest BCUT2D eigenvalue weighted by molar-refractivity contribution is 0.397. The van der Waals surface area contributed by atoms with Crippen LogP contribution in [0.1, 0.15) is 12.5 Å². The van der Waals surface area contributed by atoms with Gasteiger partial charge in [0.05, 0.1) is 7.11 Å².